The van der Waals surface area contributed by atoms with Crippen LogP contribution in [-0.4, -0.2) is 28.1 Å². The van der Waals surface area contributed by atoms with Crippen LogP contribution < -0.4 is 10.6 Å². The van der Waals surface area contributed by atoms with E-state index in [0.29, 0.717) is 5.69 Å². The van der Waals surface area contributed by atoms with Gasteiger partial charge in [0.15, 0.2) is 0 Å². The largest absolute Gasteiger partial charge is 0.335 e. The SMILES string of the molecule is CC(C)n1cc(NC(=O)C(=O)NCC#N)cn1. The van der Waals surface area contributed by atoms with Crippen LogP contribution in [0.25, 0.3) is 0 Å². The molecule has 17 heavy (non-hydrogen) atoms. The van der Waals surface area contributed by atoms with E-state index in [0.717, 1.165) is 0 Å². The van der Waals surface area contributed by atoms with Crippen LogP contribution in [0.3, 0.4) is 0 Å². The molecule has 1 aromatic rings. The van der Waals surface area contributed by atoms with E-state index in [4.69, 9.17) is 5.26 Å². The molecule has 0 atom stereocenters. The van der Waals surface area contributed by atoms with Gasteiger partial charge in [-0.3, -0.25) is 14.3 Å². The van der Waals surface area contributed by atoms with Gasteiger partial charge in [-0.15, -0.1) is 0 Å². The minimum Gasteiger partial charge on any atom is -0.335 e. The molecule has 7 nitrogen and oxygen atoms in total. The lowest BCUT2D eigenvalue weighted by molar-refractivity contribution is -0.136. The Morgan fingerprint density at radius 1 is 1.53 bits per heavy atom. The Bertz CT molecular complexity index is 458. The highest BCUT2D eigenvalue weighted by molar-refractivity contribution is 6.39. The molecule has 0 saturated heterocycles. The topological polar surface area (TPSA) is 99.8 Å². The highest BCUT2D eigenvalue weighted by atomic mass is 16.2. The lowest BCUT2D eigenvalue weighted by Crippen LogP contribution is -2.35. The van der Waals surface area contributed by atoms with Crippen LogP contribution in [0, 0.1) is 11.3 Å². The van der Waals surface area contributed by atoms with Gasteiger partial charge in [0, 0.05) is 12.2 Å². The lowest BCUT2D eigenvalue weighted by Gasteiger charge is -2.03. The molecule has 1 aromatic heterocycles. The predicted molar refractivity (Wildman–Crippen MR) is 59.9 cm³/mol. The summed E-state index contributed by atoms with van der Waals surface area (Å²) in [6.45, 7) is 3.69. The second kappa shape index (κ2) is 5.65. The van der Waals surface area contributed by atoms with E-state index < -0.39 is 11.8 Å². The van der Waals surface area contributed by atoms with Crippen molar-refractivity contribution in [1.82, 2.24) is 15.1 Å². The number of nitrogens with zero attached hydrogens (tertiary/aromatic N) is 3. The minimum atomic E-state index is -0.844. The first-order chi connectivity index (χ1) is 8.04. The molecule has 0 radical (unpaired) electrons. The summed E-state index contributed by atoms with van der Waals surface area (Å²) in [6, 6.07) is 1.88. The predicted octanol–water partition coefficient (Wildman–Crippen LogP) is 0.0423. The molecule has 90 valence electrons. The van der Waals surface area contributed by atoms with Gasteiger partial charge in [0.1, 0.15) is 6.54 Å². The van der Waals surface area contributed by atoms with Gasteiger partial charge in [-0.1, -0.05) is 0 Å². The smallest absolute Gasteiger partial charge is 0.313 e. The van der Waals surface area contributed by atoms with Crippen molar-refractivity contribution in [3.8, 4) is 6.07 Å². The first kappa shape index (κ1) is 12.7. The number of hydrogen-bond donors (Lipinski definition) is 2. The average molecular weight is 235 g/mol. The lowest BCUT2D eigenvalue weighted by atomic mass is 10.4. The van der Waals surface area contributed by atoms with E-state index in [1.807, 2.05) is 13.8 Å². The highest BCUT2D eigenvalue weighted by Gasteiger charge is 2.13. The maximum absolute atomic E-state index is 11.3. The number of nitrogens with one attached hydrogen (secondary N) is 2. The van der Waals surface area contributed by atoms with Crippen LogP contribution in [0.2, 0.25) is 0 Å². The molecular weight excluding hydrogens is 222 g/mol. The number of aromatic nitrogens is 2. The summed E-state index contributed by atoms with van der Waals surface area (Å²) in [5, 5.41) is 16.8. The Balaban J connectivity index is 2.56. The molecule has 2 N–H and O–H groups in total. The van der Waals surface area contributed by atoms with Gasteiger partial charge in [0.05, 0.1) is 18.0 Å². The molecule has 0 bridgehead atoms. The van der Waals surface area contributed by atoms with Gasteiger partial charge in [-0.05, 0) is 13.8 Å². The first-order valence-electron chi connectivity index (χ1n) is 5.05. The Hall–Kier alpha value is -2.36. The van der Waals surface area contributed by atoms with Gasteiger partial charge in [0.25, 0.3) is 0 Å². The molecule has 1 rings (SSSR count). The molecule has 0 saturated carbocycles. The molecule has 1 heterocycles. The Kier molecular flexibility index (Phi) is 4.22. The van der Waals surface area contributed by atoms with E-state index >= 15 is 0 Å². The van der Waals surface area contributed by atoms with Gasteiger partial charge in [0.2, 0.25) is 0 Å². The zero-order valence-corrected chi connectivity index (χ0v) is 9.60. The third-order valence-electron chi connectivity index (χ3n) is 1.92. The fourth-order valence-corrected chi connectivity index (χ4v) is 1.07. The van der Waals surface area contributed by atoms with Crippen molar-refractivity contribution >= 4 is 17.5 Å². The number of carbonyl (C=O) groups is 2. The normalized spacial score (nSPS) is 9.76. The van der Waals surface area contributed by atoms with Crippen LogP contribution in [0.15, 0.2) is 12.4 Å². The molecule has 7 heteroatoms. The molecule has 2 amide bonds. The van der Waals surface area contributed by atoms with Gasteiger partial charge >= 0.3 is 11.8 Å². The molecule has 0 aromatic carbocycles. The van der Waals surface area contributed by atoms with E-state index in [1.54, 1.807) is 16.9 Å². The number of carbonyl (C=O) groups excluding carboxylic acids is 2. The molecule has 0 aliphatic carbocycles. The zero-order valence-electron chi connectivity index (χ0n) is 9.60. The molecular formula is C10H13N5O2. The monoisotopic (exact) mass is 235 g/mol. The molecule has 0 aliphatic heterocycles. The summed E-state index contributed by atoms with van der Waals surface area (Å²) < 4.78 is 1.66. The maximum atomic E-state index is 11.3. The summed E-state index contributed by atoms with van der Waals surface area (Å²) in [6.07, 6.45) is 3.08. The quantitative estimate of drug-likeness (QED) is 0.570. The molecule has 0 spiro atoms. The van der Waals surface area contributed by atoms with Crippen molar-refractivity contribution in [3.63, 3.8) is 0 Å². The molecule has 0 unspecified atom stereocenters. The van der Waals surface area contributed by atoms with Crippen molar-refractivity contribution in [2.45, 2.75) is 19.9 Å². The Morgan fingerprint density at radius 2 is 2.24 bits per heavy atom. The van der Waals surface area contributed by atoms with Crippen molar-refractivity contribution in [1.29, 1.82) is 5.26 Å². The van der Waals surface area contributed by atoms with Crippen LogP contribution in [0.4, 0.5) is 5.69 Å². The van der Waals surface area contributed by atoms with Gasteiger partial charge in [-0.2, -0.15) is 10.4 Å². The Morgan fingerprint density at radius 3 is 2.76 bits per heavy atom. The van der Waals surface area contributed by atoms with Crippen LogP contribution in [0.1, 0.15) is 19.9 Å². The number of amides is 2. The molecule has 0 aliphatic rings. The van der Waals surface area contributed by atoms with Gasteiger partial charge in [-0.25, -0.2) is 0 Å². The van der Waals surface area contributed by atoms with Crippen LogP contribution in [0.5, 0.6) is 0 Å². The van der Waals surface area contributed by atoms with E-state index in [-0.39, 0.29) is 12.6 Å². The third kappa shape index (κ3) is 3.61. The van der Waals surface area contributed by atoms with Crippen molar-refractivity contribution in [2.75, 3.05) is 11.9 Å². The first-order valence-corrected chi connectivity index (χ1v) is 5.05. The van der Waals surface area contributed by atoms with Crippen molar-refractivity contribution < 1.29 is 9.59 Å². The van der Waals surface area contributed by atoms with Crippen LogP contribution >= 0.6 is 0 Å². The number of anilines is 1. The van der Waals surface area contributed by atoms with E-state index in [9.17, 15) is 9.59 Å². The van der Waals surface area contributed by atoms with E-state index in [1.165, 1.54) is 6.20 Å². The summed E-state index contributed by atoms with van der Waals surface area (Å²) in [4.78, 5) is 22.5. The minimum absolute atomic E-state index is 0.174. The molecule has 0 fully saturated rings. The third-order valence-corrected chi connectivity index (χ3v) is 1.92. The zero-order chi connectivity index (χ0) is 12.8. The van der Waals surface area contributed by atoms with Crippen LogP contribution in [-0.2, 0) is 9.59 Å². The number of nitriles is 1. The standard InChI is InChI=1S/C10H13N5O2/c1-7(2)15-6-8(5-13-15)14-10(17)9(16)12-4-3-11/h5-7H,4H2,1-2H3,(H,12,16)(H,14,17). The fraction of sp³-hybridized carbons (Fsp3) is 0.400. The fourth-order valence-electron chi connectivity index (χ4n) is 1.07. The second-order valence-electron chi connectivity index (χ2n) is 3.60. The van der Waals surface area contributed by atoms with Crippen molar-refractivity contribution in [3.05, 3.63) is 12.4 Å². The Labute approximate surface area is 98.4 Å². The maximum Gasteiger partial charge on any atom is 0.313 e. The highest BCUT2D eigenvalue weighted by Crippen LogP contribution is 2.09. The summed E-state index contributed by atoms with van der Waals surface area (Å²) >= 11 is 0. The number of rotatable bonds is 3. The summed E-state index contributed by atoms with van der Waals surface area (Å²) in [5.74, 6) is -1.66. The van der Waals surface area contributed by atoms with Gasteiger partial charge < -0.3 is 10.6 Å². The number of hydrogen-bond acceptors (Lipinski definition) is 4. The van der Waals surface area contributed by atoms with Crippen molar-refractivity contribution in [2.24, 2.45) is 0 Å². The average Bonchev–Trinajstić information content (AvgIpc) is 2.74. The second-order valence-corrected chi connectivity index (χ2v) is 3.60. The summed E-state index contributed by atoms with van der Waals surface area (Å²) in [5.41, 5.74) is 0.441. The summed E-state index contributed by atoms with van der Waals surface area (Å²) in [7, 11) is 0. The van der Waals surface area contributed by atoms with E-state index in [2.05, 4.69) is 15.7 Å².